The molecule has 0 fully saturated rings. The summed E-state index contributed by atoms with van der Waals surface area (Å²) < 4.78 is 7.83. The van der Waals surface area contributed by atoms with Gasteiger partial charge in [-0.1, -0.05) is 17.7 Å². The minimum atomic E-state index is -0.525. The van der Waals surface area contributed by atoms with Crippen molar-refractivity contribution in [1.29, 1.82) is 0 Å². The number of benzene rings is 2. The van der Waals surface area contributed by atoms with Crippen LogP contribution in [0.1, 0.15) is 16.1 Å². The monoisotopic (exact) mass is 542 g/mol. The number of aryl methyl sites for hydroxylation is 1. The summed E-state index contributed by atoms with van der Waals surface area (Å²) in [5, 5.41) is 18.2. The molecule has 150 valence electrons. The Bertz CT molecular complexity index is 1080. The standard InChI is InChI=1S/C18H13Br2ClN4O4/c1-10-2-3-14(21)16(6-10)29-9-24-5-4-15(23-24)18(26)22-17-12(19)7-11(25(27)28)8-13(17)20/h2-8H,9H2,1H3,(H,22,26). The number of rotatable bonds is 6. The maximum Gasteiger partial charge on any atom is 0.276 e. The fraction of sp³-hybridized carbons (Fsp3) is 0.111. The molecular formula is C18H13Br2ClN4O4. The number of anilines is 1. The van der Waals surface area contributed by atoms with Crippen molar-refractivity contribution in [1.82, 2.24) is 9.78 Å². The van der Waals surface area contributed by atoms with Crippen LogP contribution in [0.2, 0.25) is 5.02 Å². The number of carbonyl (C=O) groups excluding carboxylic acids is 1. The summed E-state index contributed by atoms with van der Waals surface area (Å²) in [7, 11) is 0. The number of hydrogen-bond donors (Lipinski definition) is 1. The van der Waals surface area contributed by atoms with E-state index in [1.807, 2.05) is 19.1 Å². The van der Waals surface area contributed by atoms with Gasteiger partial charge in [0.1, 0.15) is 5.75 Å². The van der Waals surface area contributed by atoms with Crippen molar-refractivity contribution in [2.75, 3.05) is 5.32 Å². The van der Waals surface area contributed by atoms with Gasteiger partial charge < -0.3 is 10.1 Å². The molecule has 0 aliphatic rings. The number of aromatic nitrogens is 2. The molecule has 1 heterocycles. The Morgan fingerprint density at radius 3 is 2.62 bits per heavy atom. The Balaban J connectivity index is 1.70. The van der Waals surface area contributed by atoms with Gasteiger partial charge in [0.25, 0.3) is 11.6 Å². The molecule has 1 N–H and O–H groups in total. The van der Waals surface area contributed by atoms with Crippen LogP contribution in [-0.4, -0.2) is 20.6 Å². The van der Waals surface area contributed by atoms with E-state index in [4.69, 9.17) is 16.3 Å². The molecular weight excluding hydrogens is 531 g/mol. The van der Waals surface area contributed by atoms with Crippen LogP contribution in [0.4, 0.5) is 11.4 Å². The second-order valence-electron chi connectivity index (χ2n) is 5.94. The summed E-state index contributed by atoms with van der Waals surface area (Å²) >= 11 is 12.6. The Morgan fingerprint density at radius 1 is 1.28 bits per heavy atom. The van der Waals surface area contributed by atoms with Gasteiger partial charge in [0.05, 0.1) is 15.6 Å². The van der Waals surface area contributed by atoms with Crippen LogP contribution in [0.5, 0.6) is 5.75 Å². The van der Waals surface area contributed by atoms with Crippen molar-refractivity contribution in [3.05, 3.63) is 77.9 Å². The summed E-state index contributed by atoms with van der Waals surface area (Å²) in [4.78, 5) is 22.9. The van der Waals surface area contributed by atoms with E-state index in [1.165, 1.54) is 22.9 Å². The highest BCUT2D eigenvalue weighted by Crippen LogP contribution is 2.35. The third-order valence-corrected chi connectivity index (χ3v) is 5.35. The van der Waals surface area contributed by atoms with Crippen LogP contribution in [0.3, 0.4) is 0 Å². The van der Waals surface area contributed by atoms with E-state index >= 15 is 0 Å². The summed E-state index contributed by atoms with van der Waals surface area (Å²) in [5.74, 6) is 0.0412. The van der Waals surface area contributed by atoms with E-state index in [1.54, 1.807) is 12.3 Å². The second-order valence-corrected chi connectivity index (χ2v) is 8.06. The largest absolute Gasteiger partial charge is 0.470 e. The Labute approximate surface area is 187 Å². The van der Waals surface area contributed by atoms with E-state index in [-0.39, 0.29) is 18.1 Å². The first kappa shape index (κ1) is 21.3. The average molecular weight is 545 g/mol. The summed E-state index contributed by atoms with van der Waals surface area (Å²) in [6, 6.07) is 9.57. The molecule has 1 amide bonds. The fourth-order valence-corrected chi connectivity index (χ4v) is 3.91. The third kappa shape index (κ3) is 5.14. The maximum absolute atomic E-state index is 12.5. The van der Waals surface area contributed by atoms with Crippen molar-refractivity contribution in [2.24, 2.45) is 0 Å². The van der Waals surface area contributed by atoms with Crippen molar-refractivity contribution < 1.29 is 14.5 Å². The topological polar surface area (TPSA) is 99.3 Å². The number of carbonyl (C=O) groups is 1. The van der Waals surface area contributed by atoms with Crippen molar-refractivity contribution in [3.8, 4) is 5.75 Å². The van der Waals surface area contributed by atoms with Gasteiger partial charge in [-0.3, -0.25) is 14.9 Å². The number of nitro benzene ring substituents is 1. The fourth-order valence-electron chi connectivity index (χ4n) is 2.37. The van der Waals surface area contributed by atoms with Crippen LogP contribution >= 0.6 is 43.5 Å². The first-order valence-corrected chi connectivity index (χ1v) is 10.1. The first-order valence-electron chi connectivity index (χ1n) is 8.12. The minimum absolute atomic E-state index is 0.0708. The minimum Gasteiger partial charge on any atom is -0.470 e. The lowest BCUT2D eigenvalue weighted by Crippen LogP contribution is -2.15. The lowest BCUT2D eigenvalue weighted by atomic mass is 10.2. The molecule has 0 unspecified atom stereocenters. The number of halogens is 3. The molecule has 0 aliphatic carbocycles. The van der Waals surface area contributed by atoms with E-state index in [2.05, 4.69) is 42.3 Å². The van der Waals surface area contributed by atoms with E-state index in [0.717, 1.165) is 5.56 Å². The zero-order valence-electron chi connectivity index (χ0n) is 14.9. The van der Waals surface area contributed by atoms with Gasteiger partial charge in [0, 0.05) is 27.3 Å². The number of amides is 1. The molecule has 11 heteroatoms. The first-order chi connectivity index (χ1) is 13.7. The summed E-state index contributed by atoms with van der Waals surface area (Å²) in [6.45, 7) is 2.00. The molecule has 3 aromatic rings. The van der Waals surface area contributed by atoms with E-state index < -0.39 is 10.8 Å². The van der Waals surface area contributed by atoms with E-state index in [0.29, 0.717) is 25.4 Å². The second kappa shape index (κ2) is 8.93. The highest BCUT2D eigenvalue weighted by molar-refractivity contribution is 9.11. The predicted octanol–water partition coefficient (Wildman–Crippen LogP) is 5.57. The van der Waals surface area contributed by atoms with Crippen LogP contribution in [0.25, 0.3) is 0 Å². The van der Waals surface area contributed by atoms with Crippen LogP contribution in [-0.2, 0) is 6.73 Å². The highest BCUT2D eigenvalue weighted by Gasteiger charge is 2.18. The zero-order valence-corrected chi connectivity index (χ0v) is 18.8. The van der Waals surface area contributed by atoms with Crippen molar-refractivity contribution in [3.63, 3.8) is 0 Å². The number of hydrogen-bond acceptors (Lipinski definition) is 5. The molecule has 0 aliphatic heterocycles. The average Bonchev–Trinajstić information content (AvgIpc) is 3.14. The molecule has 0 saturated carbocycles. The molecule has 8 nitrogen and oxygen atoms in total. The number of nitrogens with one attached hydrogen (secondary N) is 1. The van der Waals surface area contributed by atoms with Gasteiger partial charge in [-0.25, -0.2) is 4.68 Å². The molecule has 3 rings (SSSR count). The predicted molar refractivity (Wildman–Crippen MR) is 115 cm³/mol. The Morgan fingerprint density at radius 2 is 1.97 bits per heavy atom. The molecule has 0 saturated heterocycles. The maximum atomic E-state index is 12.5. The van der Waals surface area contributed by atoms with E-state index in [9.17, 15) is 14.9 Å². The van der Waals surface area contributed by atoms with Crippen LogP contribution < -0.4 is 10.1 Å². The van der Waals surface area contributed by atoms with Gasteiger partial charge in [0.15, 0.2) is 12.4 Å². The molecule has 0 spiro atoms. The van der Waals surface area contributed by atoms with Crippen molar-refractivity contribution in [2.45, 2.75) is 13.7 Å². The number of non-ortho nitro benzene ring substituents is 1. The SMILES string of the molecule is Cc1ccc(Cl)c(OCn2ccc(C(=O)Nc3c(Br)cc([N+](=O)[O-])cc3Br)n2)c1. The Hall–Kier alpha value is -2.43. The van der Waals surface area contributed by atoms with Crippen LogP contribution in [0, 0.1) is 17.0 Å². The van der Waals surface area contributed by atoms with Gasteiger partial charge in [-0.15, -0.1) is 0 Å². The smallest absolute Gasteiger partial charge is 0.276 e. The van der Waals surface area contributed by atoms with Crippen LogP contribution in [0.15, 0.2) is 51.5 Å². The normalized spacial score (nSPS) is 10.6. The molecule has 2 aromatic carbocycles. The zero-order chi connectivity index (χ0) is 21.1. The molecule has 0 radical (unpaired) electrons. The van der Waals surface area contributed by atoms with Crippen molar-refractivity contribution >= 4 is 60.7 Å². The van der Waals surface area contributed by atoms with Gasteiger partial charge in [-0.2, -0.15) is 5.10 Å². The summed E-state index contributed by atoms with van der Waals surface area (Å²) in [6.07, 6.45) is 1.60. The number of nitrogens with zero attached hydrogens (tertiary/aromatic N) is 3. The Kier molecular flexibility index (Phi) is 6.56. The molecule has 29 heavy (non-hydrogen) atoms. The van der Waals surface area contributed by atoms with Gasteiger partial charge in [-0.05, 0) is 62.5 Å². The van der Waals surface area contributed by atoms with Gasteiger partial charge in [0.2, 0.25) is 0 Å². The molecule has 0 atom stereocenters. The lowest BCUT2D eigenvalue weighted by molar-refractivity contribution is -0.385. The highest BCUT2D eigenvalue weighted by atomic mass is 79.9. The number of ether oxygens (including phenoxy) is 1. The molecule has 0 bridgehead atoms. The lowest BCUT2D eigenvalue weighted by Gasteiger charge is -2.09. The molecule has 1 aromatic heterocycles. The number of nitro groups is 1. The van der Waals surface area contributed by atoms with Gasteiger partial charge >= 0.3 is 0 Å². The third-order valence-electron chi connectivity index (χ3n) is 3.79. The quantitative estimate of drug-likeness (QED) is 0.323. The summed E-state index contributed by atoms with van der Waals surface area (Å²) in [5.41, 5.74) is 1.40.